The number of fused-ring (bicyclic) bond motifs is 2. The van der Waals surface area contributed by atoms with Crippen molar-refractivity contribution in [1.29, 1.82) is 0 Å². The number of aromatic nitrogens is 3. The molecule has 0 saturated carbocycles. The van der Waals surface area contributed by atoms with Crippen LogP contribution < -0.4 is 4.74 Å². The Labute approximate surface area is 166 Å². The summed E-state index contributed by atoms with van der Waals surface area (Å²) in [4.78, 5) is 37.0. The van der Waals surface area contributed by atoms with Gasteiger partial charge in [-0.25, -0.2) is 4.98 Å². The summed E-state index contributed by atoms with van der Waals surface area (Å²) < 4.78 is 10.3. The number of amides is 2. The minimum Gasteiger partial charge on any atom is -0.497 e. The molecule has 2 aromatic heterocycles. The lowest BCUT2D eigenvalue weighted by Crippen LogP contribution is -2.40. The number of ether oxygens (including phenoxy) is 1. The number of carbonyl (C=O) groups excluding carboxylic acids is 2. The van der Waals surface area contributed by atoms with Crippen LogP contribution >= 0.6 is 0 Å². The Morgan fingerprint density at radius 2 is 2.21 bits per heavy atom. The lowest BCUT2D eigenvalue weighted by atomic mass is 10.1. The maximum Gasteiger partial charge on any atom is 0.276 e. The summed E-state index contributed by atoms with van der Waals surface area (Å²) in [6, 6.07) is 7.11. The molecular weight excluding hydrogens is 374 g/mol. The van der Waals surface area contributed by atoms with Crippen LogP contribution in [0.4, 0.5) is 0 Å². The molecule has 1 aromatic carbocycles. The van der Waals surface area contributed by atoms with Crippen LogP contribution in [0.15, 0.2) is 28.8 Å². The Hall–Kier alpha value is -3.36. The molecule has 2 fully saturated rings. The van der Waals surface area contributed by atoms with Crippen molar-refractivity contribution in [2.45, 2.75) is 38.4 Å². The van der Waals surface area contributed by atoms with Crippen LogP contribution in [0, 0.1) is 6.92 Å². The minimum atomic E-state index is -0.181. The summed E-state index contributed by atoms with van der Waals surface area (Å²) >= 11 is 0. The SMILES string of the molecule is COc1ccc2nc(CN3C(=O)C[C@H]4[C@@H]3CCN4C(=O)c3cc(C)on3)[nH]c2c1. The second-order valence-electron chi connectivity index (χ2n) is 7.54. The first-order valence-electron chi connectivity index (χ1n) is 9.60. The van der Waals surface area contributed by atoms with Crippen molar-refractivity contribution in [2.75, 3.05) is 13.7 Å². The van der Waals surface area contributed by atoms with Gasteiger partial charge in [0.15, 0.2) is 5.69 Å². The standard InChI is InChI=1S/C20H21N5O4/c1-11-7-15(23-29-11)20(27)24-6-5-16-17(24)9-19(26)25(16)10-18-21-13-4-3-12(28-2)8-14(13)22-18/h3-4,7-8,16-17H,5-6,9-10H2,1-2H3,(H,21,22)/t16-,17-/m0/s1. The highest BCUT2D eigenvalue weighted by atomic mass is 16.5. The molecule has 150 valence electrons. The van der Waals surface area contributed by atoms with Crippen molar-refractivity contribution in [1.82, 2.24) is 24.9 Å². The van der Waals surface area contributed by atoms with E-state index < -0.39 is 0 Å². The highest BCUT2D eigenvalue weighted by Crippen LogP contribution is 2.34. The number of likely N-dealkylation sites (tertiary alicyclic amines) is 2. The summed E-state index contributed by atoms with van der Waals surface area (Å²) in [6.45, 7) is 2.74. The molecule has 2 aliphatic rings. The Kier molecular flexibility index (Phi) is 4.04. The number of aryl methyl sites for hydroxylation is 1. The van der Waals surface area contributed by atoms with Crippen LogP contribution in [0.5, 0.6) is 5.75 Å². The van der Waals surface area contributed by atoms with Gasteiger partial charge in [0, 0.05) is 25.1 Å². The second-order valence-corrected chi connectivity index (χ2v) is 7.54. The van der Waals surface area contributed by atoms with E-state index in [2.05, 4.69) is 15.1 Å². The van der Waals surface area contributed by atoms with Gasteiger partial charge in [-0.2, -0.15) is 0 Å². The number of nitrogens with zero attached hydrogens (tertiary/aromatic N) is 4. The fourth-order valence-electron chi connectivity index (χ4n) is 4.40. The summed E-state index contributed by atoms with van der Waals surface area (Å²) in [5.41, 5.74) is 1.99. The fraction of sp³-hybridized carbons (Fsp3) is 0.400. The summed E-state index contributed by atoms with van der Waals surface area (Å²) in [5.74, 6) is 1.92. The highest BCUT2D eigenvalue weighted by molar-refractivity contribution is 5.94. The van der Waals surface area contributed by atoms with E-state index in [4.69, 9.17) is 9.26 Å². The molecule has 9 heteroatoms. The van der Waals surface area contributed by atoms with Crippen LogP contribution in [-0.2, 0) is 11.3 Å². The van der Waals surface area contributed by atoms with Gasteiger partial charge in [-0.15, -0.1) is 0 Å². The predicted octanol–water partition coefficient (Wildman–Crippen LogP) is 1.88. The molecule has 2 atom stereocenters. The molecule has 0 unspecified atom stereocenters. The smallest absolute Gasteiger partial charge is 0.276 e. The first-order valence-corrected chi connectivity index (χ1v) is 9.60. The number of benzene rings is 1. The Morgan fingerprint density at radius 1 is 1.34 bits per heavy atom. The zero-order valence-electron chi connectivity index (χ0n) is 16.2. The van der Waals surface area contributed by atoms with Gasteiger partial charge in [-0.1, -0.05) is 5.16 Å². The lowest BCUT2D eigenvalue weighted by molar-refractivity contribution is -0.129. The Morgan fingerprint density at radius 3 is 2.97 bits per heavy atom. The normalized spacial score (nSPS) is 21.2. The molecule has 5 rings (SSSR count). The molecule has 0 radical (unpaired) electrons. The van der Waals surface area contributed by atoms with E-state index in [1.54, 1.807) is 25.0 Å². The number of methoxy groups -OCH3 is 1. The quantitative estimate of drug-likeness (QED) is 0.723. The molecule has 4 heterocycles. The predicted molar refractivity (Wildman–Crippen MR) is 102 cm³/mol. The van der Waals surface area contributed by atoms with Crippen molar-refractivity contribution in [2.24, 2.45) is 0 Å². The number of H-pyrrole nitrogens is 1. The van der Waals surface area contributed by atoms with Gasteiger partial charge in [-0.05, 0) is 25.5 Å². The van der Waals surface area contributed by atoms with E-state index in [1.165, 1.54) is 0 Å². The third kappa shape index (κ3) is 2.93. The van der Waals surface area contributed by atoms with Gasteiger partial charge in [0.1, 0.15) is 17.3 Å². The van der Waals surface area contributed by atoms with Gasteiger partial charge in [-0.3, -0.25) is 9.59 Å². The molecule has 1 N–H and O–H groups in total. The molecule has 0 bridgehead atoms. The molecule has 3 aromatic rings. The van der Waals surface area contributed by atoms with Crippen LogP contribution in [-0.4, -0.2) is 62.5 Å². The number of imidazole rings is 1. The van der Waals surface area contributed by atoms with Gasteiger partial charge in [0.25, 0.3) is 5.91 Å². The van der Waals surface area contributed by atoms with E-state index in [-0.39, 0.29) is 23.9 Å². The van der Waals surface area contributed by atoms with E-state index in [9.17, 15) is 9.59 Å². The number of carbonyl (C=O) groups is 2. The lowest BCUT2D eigenvalue weighted by Gasteiger charge is -2.24. The minimum absolute atomic E-state index is 0.0119. The van der Waals surface area contributed by atoms with Crippen molar-refractivity contribution in [3.8, 4) is 5.75 Å². The summed E-state index contributed by atoms with van der Waals surface area (Å²) in [5, 5.41) is 3.83. The van der Waals surface area contributed by atoms with Gasteiger partial charge >= 0.3 is 0 Å². The van der Waals surface area contributed by atoms with E-state index in [0.29, 0.717) is 31.0 Å². The van der Waals surface area contributed by atoms with Crippen LogP contribution in [0.25, 0.3) is 11.0 Å². The molecule has 2 saturated heterocycles. The molecular formula is C20H21N5O4. The third-order valence-corrected chi connectivity index (χ3v) is 5.78. The number of hydrogen-bond acceptors (Lipinski definition) is 6. The van der Waals surface area contributed by atoms with Crippen LogP contribution in [0.1, 0.15) is 34.9 Å². The molecule has 2 amide bonds. The average molecular weight is 395 g/mol. The van der Waals surface area contributed by atoms with Gasteiger partial charge < -0.3 is 24.0 Å². The Balaban J connectivity index is 1.35. The number of hydrogen-bond donors (Lipinski definition) is 1. The number of aromatic amines is 1. The Bertz CT molecular complexity index is 1100. The van der Waals surface area contributed by atoms with Crippen molar-refractivity contribution in [3.63, 3.8) is 0 Å². The maximum atomic E-state index is 12.8. The van der Waals surface area contributed by atoms with Crippen LogP contribution in [0.2, 0.25) is 0 Å². The van der Waals surface area contributed by atoms with E-state index in [1.807, 2.05) is 23.1 Å². The third-order valence-electron chi connectivity index (χ3n) is 5.78. The second kappa shape index (κ2) is 6.61. The fourth-order valence-corrected chi connectivity index (χ4v) is 4.40. The molecule has 9 nitrogen and oxygen atoms in total. The molecule has 2 aliphatic heterocycles. The largest absolute Gasteiger partial charge is 0.497 e. The summed E-state index contributed by atoms with van der Waals surface area (Å²) in [7, 11) is 1.62. The topological polar surface area (TPSA) is 105 Å². The molecule has 0 spiro atoms. The van der Waals surface area contributed by atoms with E-state index >= 15 is 0 Å². The van der Waals surface area contributed by atoms with Gasteiger partial charge in [0.2, 0.25) is 5.91 Å². The zero-order chi connectivity index (χ0) is 20.1. The zero-order valence-corrected chi connectivity index (χ0v) is 16.2. The van der Waals surface area contributed by atoms with Crippen molar-refractivity contribution >= 4 is 22.8 Å². The molecule has 29 heavy (non-hydrogen) atoms. The number of nitrogens with one attached hydrogen (secondary N) is 1. The highest BCUT2D eigenvalue weighted by Gasteiger charge is 2.48. The monoisotopic (exact) mass is 395 g/mol. The maximum absolute atomic E-state index is 12.8. The van der Waals surface area contributed by atoms with Crippen molar-refractivity contribution in [3.05, 3.63) is 41.5 Å². The average Bonchev–Trinajstić information content (AvgIpc) is 3.46. The van der Waals surface area contributed by atoms with Crippen molar-refractivity contribution < 1.29 is 18.8 Å². The van der Waals surface area contributed by atoms with Crippen LogP contribution in [0.3, 0.4) is 0 Å². The molecule has 0 aliphatic carbocycles. The van der Waals surface area contributed by atoms with Gasteiger partial charge in [0.05, 0.1) is 36.8 Å². The first kappa shape index (κ1) is 17.7. The number of rotatable bonds is 4. The van der Waals surface area contributed by atoms with E-state index in [0.717, 1.165) is 29.0 Å². The summed E-state index contributed by atoms with van der Waals surface area (Å²) in [6.07, 6.45) is 1.06. The first-order chi connectivity index (χ1) is 14.0.